The van der Waals surface area contributed by atoms with Crippen molar-refractivity contribution in [2.24, 2.45) is 0 Å². The van der Waals surface area contributed by atoms with Gasteiger partial charge in [-0.25, -0.2) is 0 Å². The fraction of sp³-hybridized carbons (Fsp3) is 0.769. The Labute approximate surface area is 88.6 Å². The molecular formula is C13H24O. The van der Waals surface area contributed by atoms with E-state index in [0.717, 1.165) is 18.3 Å². The molecule has 0 aliphatic carbocycles. The highest BCUT2D eigenvalue weighted by molar-refractivity contribution is 5.72. The molecule has 0 bridgehead atoms. The third-order valence-electron chi connectivity index (χ3n) is 2.59. The van der Waals surface area contributed by atoms with Crippen molar-refractivity contribution < 1.29 is 4.79 Å². The number of rotatable bonds is 9. The van der Waals surface area contributed by atoms with E-state index in [2.05, 4.69) is 6.92 Å². The van der Waals surface area contributed by atoms with Gasteiger partial charge in [-0.3, -0.25) is 4.79 Å². The van der Waals surface area contributed by atoms with Crippen molar-refractivity contribution in [1.29, 1.82) is 0 Å². The van der Waals surface area contributed by atoms with Crippen molar-refractivity contribution >= 4 is 6.29 Å². The van der Waals surface area contributed by atoms with Gasteiger partial charge in [-0.1, -0.05) is 51.5 Å². The molecule has 0 amide bonds. The molecule has 0 aromatic carbocycles. The van der Waals surface area contributed by atoms with Crippen molar-refractivity contribution in [3.05, 3.63) is 11.6 Å². The molecule has 0 radical (unpaired) electrons. The topological polar surface area (TPSA) is 17.1 Å². The zero-order valence-electron chi connectivity index (χ0n) is 9.72. The summed E-state index contributed by atoms with van der Waals surface area (Å²) >= 11 is 0. The fourth-order valence-electron chi connectivity index (χ4n) is 1.56. The van der Waals surface area contributed by atoms with Crippen molar-refractivity contribution in [2.45, 2.75) is 65.2 Å². The van der Waals surface area contributed by atoms with Gasteiger partial charge in [0.2, 0.25) is 0 Å². The lowest BCUT2D eigenvalue weighted by Crippen LogP contribution is -1.85. The first kappa shape index (κ1) is 13.4. The molecule has 14 heavy (non-hydrogen) atoms. The molecule has 0 aromatic rings. The molecule has 0 saturated carbocycles. The van der Waals surface area contributed by atoms with Crippen LogP contribution < -0.4 is 0 Å². The SMILES string of the molecule is CC=C(C=O)CCCCCCCCC. The fourth-order valence-corrected chi connectivity index (χ4v) is 1.56. The van der Waals surface area contributed by atoms with E-state index in [1.54, 1.807) is 0 Å². The van der Waals surface area contributed by atoms with Crippen LogP contribution in [-0.2, 0) is 4.79 Å². The molecular weight excluding hydrogens is 172 g/mol. The van der Waals surface area contributed by atoms with Gasteiger partial charge in [0.1, 0.15) is 6.29 Å². The van der Waals surface area contributed by atoms with Crippen LogP contribution in [0.3, 0.4) is 0 Å². The molecule has 0 saturated heterocycles. The quantitative estimate of drug-likeness (QED) is 0.306. The molecule has 0 rings (SSSR count). The maximum Gasteiger partial charge on any atom is 0.145 e. The highest BCUT2D eigenvalue weighted by atomic mass is 16.1. The number of carbonyl (C=O) groups excluding carboxylic acids is 1. The summed E-state index contributed by atoms with van der Waals surface area (Å²) < 4.78 is 0. The summed E-state index contributed by atoms with van der Waals surface area (Å²) in [6, 6.07) is 0. The van der Waals surface area contributed by atoms with Gasteiger partial charge in [0.05, 0.1) is 0 Å². The summed E-state index contributed by atoms with van der Waals surface area (Å²) in [4.78, 5) is 10.5. The van der Waals surface area contributed by atoms with E-state index in [1.165, 1.54) is 44.9 Å². The van der Waals surface area contributed by atoms with Crippen LogP contribution in [0.1, 0.15) is 65.2 Å². The van der Waals surface area contributed by atoms with Crippen LogP contribution in [-0.4, -0.2) is 6.29 Å². The van der Waals surface area contributed by atoms with E-state index in [1.807, 2.05) is 13.0 Å². The van der Waals surface area contributed by atoms with Gasteiger partial charge in [0, 0.05) is 0 Å². The Hall–Kier alpha value is -0.590. The van der Waals surface area contributed by atoms with Crippen LogP contribution in [0, 0.1) is 0 Å². The monoisotopic (exact) mass is 196 g/mol. The molecule has 0 spiro atoms. The van der Waals surface area contributed by atoms with Crippen LogP contribution in [0.15, 0.2) is 11.6 Å². The van der Waals surface area contributed by atoms with Gasteiger partial charge in [-0.05, 0) is 25.3 Å². The summed E-state index contributed by atoms with van der Waals surface area (Å²) in [7, 11) is 0. The van der Waals surface area contributed by atoms with Crippen LogP contribution in [0.25, 0.3) is 0 Å². The third-order valence-corrected chi connectivity index (χ3v) is 2.59. The van der Waals surface area contributed by atoms with Gasteiger partial charge in [-0.2, -0.15) is 0 Å². The summed E-state index contributed by atoms with van der Waals surface area (Å²) in [6.07, 6.45) is 13.1. The zero-order chi connectivity index (χ0) is 10.6. The Bertz CT molecular complexity index is 159. The van der Waals surface area contributed by atoms with E-state index >= 15 is 0 Å². The van der Waals surface area contributed by atoms with Crippen LogP contribution >= 0.6 is 0 Å². The Kier molecular flexibility index (Phi) is 10.0. The van der Waals surface area contributed by atoms with E-state index in [-0.39, 0.29) is 0 Å². The van der Waals surface area contributed by atoms with Crippen LogP contribution in [0.2, 0.25) is 0 Å². The first-order valence-electron chi connectivity index (χ1n) is 5.95. The minimum atomic E-state index is 0.957. The lowest BCUT2D eigenvalue weighted by atomic mass is 10.1. The summed E-state index contributed by atoms with van der Waals surface area (Å²) in [5.74, 6) is 0. The number of hydrogen-bond acceptors (Lipinski definition) is 1. The van der Waals surface area contributed by atoms with Crippen LogP contribution in [0.5, 0.6) is 0 Å². The Morgan fingerprint density at radius 1 is 1.00 bits per heavy atom. The highest BCUT2D eigenvalue weighted by Crippen LogP contribution is 2.11. The molecule has 0 aliphatic heterocycles. The first-order chi connectivity index (χ1) is 6.85. The second-order valence-corrected chi connectivity index (χ2v) is 3.85. The molecule has 0 aromatic heterocycles. The van der Waals surface area contributed by atoms with Crippen LogP contribution in [0.4, 0.5) is 0 Å². The zero-order valence-corrected chi connectivity index (χ0v) is 9.72. The second-order valence-electron chi connectivity index (χ2n) is 3.85. The largest absolute Gasteiger partial charge is 0.298 e. The molecule has 0 heterocycles. The van der Waals surface area contributed by atoms with Crippen molar-refractivity contribution in [2.75, 3.05) is 0 Å². The number of aldehydes is 1. The molecule has 0 aliphatic rings. The molecule has 0 atom stereocenters. The van der Waals surface area contributed by atoms with E-state index < -0.39 is 0 Å². The second kappa shape index (κ2) is 10.5. The first-order valence-corrected chi connectivity index (χ1v) is 5.95. The van der Waals surface area contributed by atoms with E-state index in [4.69, 9.17) is 0 Å². The molecule has 0 unspecified atom stereocenters. The maximum absolute atomic E-state index is 10.5. The maximum atomic E-state index is 10.5. The Morgan fingerprint density at radius 3 is 2.07 bits per heavy atom. The molecule has 1 nitrogen and oxygen atoms in total. The lowest BCUT2D eigenvalue weighted by molar-refractivity contribution is -0.105. The van der Waals surface area contributed by atoms with Crippen molar-refractivity contribution in [3.63, 3.8) is 0 Å². The molecule has 82 valence electrons. The summed E-state index contributed by atoms with van der Waals surface area (Å²) in [5.41, 5.74) is 0.957. The number of carbonyl (C=O) groups is 1. The molecule has 0 fully saturated rings. The standard InChI is InChI=1S/C13H24O/c1-3-5-6-7-8-9-10-11-13(4-2)12-14/h4,12H,3,5-11H2,1-2H3. The van der Waals surface area contributed by atoms with Gasteiger partial charge < -0.3 is 0 Å². The Morgan fingerprint density at radius 2 is 1.57 bits per heavy atom. The molecule has 0 N–H and O–H groups in total. The van der Waals surface area contributed by atoms with Crippen molar-refractivity contribution in [1.82, 2.24) is 0 Å². The van der Waals surface area contributed by atoms with E-state index in [0.29, 0.717) is 0 Å². The van der Waals surface area contributed by atoms with Gasteiger partial charge >= 0.3 is 0 Å². The predicted molar refractivity (Wildman–Crippen MR) is 62.4 cm³/mol. The Balaban J connectivity index is 3.17. The normalized spacial score (nSPS) is 11.7. The van der Waals surface area contributed by atoms with Gasteiger partial charge in [0.25, 0.3) is 0 Å². The highest BCUT2D eigenvalue weighted by Gasteiger charge is 1.94. The average molecular weight is 196 g/mol. The molecule has 1 heteroatoms. The van der Waals surface area contributed by atoms with Gasteiger partial charge in [0.15, 0.2) is 0 Å². The van der Waals surface area contributed by atoms with Gasteiger partial charge in [-0.15, -0.1) is 0 Å². The predicted octanol–water partition coefficient (Wildman–Crippen LogP) is 4.27. The minimum absolute atomic E-state index is 0.957. The number of unbranched alkanes of at least 4 members (excludes halogenated alkanes) is 6. The van der Waals surface area contributed by atoms with E-state index in [9.17, 15) is 4.79 Å². The number of hydrogen-bond donors (Lipinski definition) is 0. The third kappa shape index (κ3) is 8.03. The summed E-state index contributed by atoms with van der Waals surface area (Å²) in [5, 5.41) is 0. The van der Waals surface area contributed by atoms with Crippen molar-refractivity contribution in [3.8, 4) is 0 Å². The average Bonchev–Trinajstić information content (AvgIpc) is 2.22. The minimum Gasteiger partial charge on any atom is -0.298 e. The summed E-state index contributed by atoms with van der Waals surface area (Å²) in [6.45, 7) is 4.17. The lowest BCUT2D eigenvalue weighted by Gasteiger charge is -2.00. The smallest absolute Gasteiger partial charge is 0.145 e. The number of allylic oxidation sites excluding steroid dienone is 2.